The SMILES string of the molecule is Cc1[nH]cnc1C(=O)N1CCc2ncnc(N3CCCC(O)C3)c2CC1. The summed E-state index contributed by atoms with van der Waals surface area (Å²) in [6.07, 6.45) is 6.08. The molecule has 1 atom stereocenters. The number of fused-ring (bicyclic) bond motifs is 1. The number of piperidine rings is 1. The molecule has 8 heteroatoms. The summed E-state index contributed by atoms with van der Waals surface area (Å²) in [6, 6.07) is 0. The molecule has 2 aliphatic rings. The summed E-state index contributed by atoms with van der Waals surface area (Å²) < 4.78 is 0. The standard InChI is InChI=1S/C18H24N6O2/c1-12-16(21-10-19-12)18(26)23-7-4-14-15(5-8-23)20-11-22-17(14)24-6-2-3-13(25)9-24/h10-11,13,25H,2-9H2,1H3,(H,19,21). The van der Waals surface area contributed by atoms with E-state index in [0.29, 0.717) is 38.2 Å². The first kappa shape index (κ1) is 17.0. The summed E-state index contributed by atoms with van der Waals surface area (Å²) in [4.78, 5) is 32.9. The molecule has 2 aromatic rings. The van der Waals surface area contributed by atoms with Crippen molar-refractivity contribution in [2.45, 2.75) is 38.7 Å². The number of aromatic amines is 1. The molecule has 1 saturated heterocycles. The highest BCUT2D eigenvalue weighted by atomic mass is 16.3. The minimum atomic E-state index is -0.305. The molecule has 0 radical (unpaired) electrons. The van der Waals surface area contributed by atoms with Gasteiger partial charge in [-0.15, -0.1) is 0 Å². The Kier molecular flexibility index (Phi) is 4.58. The molecule has 0 saturated carbocycles. The minimum absolute atomic E-state index is 0.0422. The van der Waals surface area contributed by atoms with Gasteiger partial charge in [0.1, 0.15) is 17.8 Å². The number of aromatic nitrogens is 4. The number of nitrogens with one attached hydrogen (secondary N) is 1. The quantitative estimate of drug-likeness (QED) is 0.822. The van der Waals surface area contributed by atoms with Gasteiger partial charge in [-0.05, 0) is 26.2 Å². The van der Waals surface area contributed by atoms with E-state index in [9.17, 15) is 9.90 Å². The van der Waals surface area contributed by atoms with E-state index in [1.165, 1.54) is 0 Å². The van der Waals surface area contributed by atoms with Crippen LogP contribution in [0.3, 0.4) is 0 Å². The Labute approximate surface area is 152 Å². The van der Waals surface area contributed by atoms with Crippen molar-refractivity contribution in [3.05, 3.63) is 35.3 Å². The molecule has 2 N–H and O–H groups in total. The predicted octanol–water partition coefficient (Wildman–Crippen LogP) is 0.710. The Balaban J connectivity index is 1.55. The number of imidazole rings is 1. The van der Waals surface area contributed by atoms with Gasteiger partial charge in [0.25, 0.3) is 5.91 Å². The lowest BCUT2D eigenvalue weighted by Gasteiger charge is -2.32. The normalized spacial score (nSPS) is 20.6. The van der Waals surface area contributed by atoms with Crippen LogP contribution in [0.2, 0.25) is 0 Å². The zero-order valence-corrected chi connectivity index (χ0v) is 15.0. The maximum atomic E-state index is 12.8. The van der Waals surface area contributed by atoms with Crippen molar-refractivity contribution >= 4 is 11.7 Å². The molecule has 0 bridgehead atoms. The van der Waals surface area contributed by atoms with E-state index in [1.807, 2.05) is 11.8 Å². The van der Waals surface area contributed by atoms with Gasteiger partial charge in [0.2, 0.25) is 0 Å². The lowest BCUT2D eigenvalue weighted by molar-refractivity contribution is 0.0757. The molecule has 1 amide bonds. The monoisotopic (exact) mass is 356 g/mol. The van der Waals surface area contributed by atoms with Crippen molar-refractivity contribution in [3.63, 3.8) is 0 Å². The van der Waals surface area contributed by atoms with E-state index in [1.54, 1.807) is 12.7 Å². The third kappa shape index (κ3) is 3.16. The Morgan fingerprint density at radius 2 is 2.08 bits per heavy atom. The van der Waals surface area contributed by atoms with Crippen LogP contribution in [0.5, 0.6) is 0 Å². The first-order chi connectivity index (χ1) is 12.6. The molecule has 26 heavy (non-hydrogen) atoms. The Morgan fingerprint density at radius 1 is 1.23 bits per heavy atom. The van der Waals surface area contributed by atoms with Crippen LogP contribution in [0.4, 0.5) is 5.82 Å². The Bertz CT molecular complexity index is 805. The average molecular weight is 356 g/mol. The van der Waals surface area contributed by atoms with E-state index in [2.05, 4.69) is 24.8 Å². The highest BCUT2D eigenvalue weighted by Gasteiger charge is 2.27. The summed E-state index contributed by atoms with van der Waals surface area (Å²) in [6.45, 7) is 4.61. The predicted molar refractivity (Wildman–Crippen MR) is 96.1 cm³/mol. The second-order valence-corrected chi connectivity index (χ2v) is 7.03. The number of H-pyrrole nitrogens is 1. The first-order valence-corrected chi connectivity index (χ1v) is 9.18. The van der Waals surface area contributed by atoms with Gasteiger partial charge >= 0.3 is 0 Å². The molecular weight excluding hydrogens is 332 g/mol. The second kappa shape index (κ2) is 7.03. The molecule has 1 fully saturated rings. The summed E-state index contributed by atoms with van der Waals surface area (Å²) in [5, 5.41) is 10.00. The second-order valence-electron chi connectivity index (χ2n) is 7.03. The molecule has 2 aliphatic heterocycles. The van der Waals surface area contributed by atoms with Crippen molar-refractivity contribution in [2.75, 3.05) is 31.1 Å². The molecule has 4 heterocycles. The molecule has 138 valence electrons. The molecular formula is C18H24N6O2. The summed E-state index contributed by atoms with van der Waals surface area (Å²) in [7, 11) is 0. The minimum Gasteiger partial charge on any atom is -0.391 e. The number of aryl methyl sites for hydroxylation is 1. The van der Waals surface area contributed by atoms with Gasteiger partial charge in [-0.2, -0.15) is 0 Å². The van der Waals surface area contributed by atoms with Crippen molar-refractivity contribution in [1.82, 2.24) is 24.8 Å². The number of β-amino-alcohol motifs (C(OH)–C–C–N with tert-alkyl or cyclic N) is 1. The Morgan fingerprint density at radius 3 is 2.85 bits per heavy atom. The van der Waals surface area contributed by atoms with Gasteiger partial charge in [0.05, 0.1) is 18.1 Å². The highest BCUT2D eigenvalue weighted by Crippen LogP contribution is 2.26. The van der Waals surface area contributed by atoms with Gasteiger partial charge in [-0.3, -0.25) is 4.79 Å². The number of anilines is 1. The molecule has 4 rings (SSSR count). The molecule has 2 aromatic heterocycles. The first-order valence-electron chi connectivity index (χ1n) is 9.18. The zero-order chi connectivity index (χ0) is 18.1. The fourth-order valence-electron chi connectivity index (χ4n) is 3.86. The fraction of sp³-hybridized carbons (Fsp3) is 0.556. The molecule has 8 nitrogen and oxygen atoms in total. The largest absolute Gasteiger partial charge is 0.391 e. The third-order valence-corrected chi connectivity index (χ3v) is 5.28. The molecule has 0 aromatic carbocycles. The number of aliphatic hydroxyl groups excluding tert-OH is 1. The van der Waals surface area contributed by atoms with Crippen molar-refractivity contribution in [2.24, 2.45) is 0 Å². The van der Waals surface area contributed by atoms with E-state index >= 15 is 0 Å². The van der Waals surface area contributed by atoms with Crippen LogP contribution in [0.1, 0.15) is 40.3 Å². The van der Waals surface area contributed by atoms with E-state index in [0.717, 1.165) is 42.2 Å². The number of rotatable bonds is 2. The number of hydrogen-bond acceptors (Lipinski definition) is 6. The van der Waals surface area contributed by atoms with Crippen LogP contribution in [0.15, 0.2) is 12.7 Å². The summed E-state index contributed by atoms with van der Waals surface area (Å²) >= 11 is 0. The van der Waals surface area contributed by atoms with Crippen molar-refractivity contribution in [3.8, 4) is 0 Å². The van der Waals surface area contributed by atoms with Gasteiger partial charge in [0, 0.05) is 43.9 Å². The maximum Gasteiger partial charge on any atom is 0.274 e. The summed E-state index contributed by atoms with van der Waals surface area (Å²) in [5.41, 5.74) is 3.39. The van der Waals surface area contributed by atoms with Gasteiger partial charge in [-0.25, -0.2) is 15.0 Å². The maximum absolute atomic E-state index is 12.8. The fourth-order valence-corrected chi connectivity index (χ4v) is 3.86. The topological polar surface area (TPSA) is 98.2 Å². The van der Waals surface area contributed by atoms with E-state index in [4.69, 9.17) is 0 Å². The number of nitrogens with zero attached hydrogens (tertiary/aromatic N) is 5. The van der Waals surface area contributed by atoms with Crippen LogP contribution in [0, 0.1) is 6.92 Å². The highest BCUT2D eigenvalue weighted by molar-refractivity contribution is 5.93. The third-order valence-electron chi connectivity index (χ3n) is 5.28. The van der Waals surface area contributed by atoms with Crippen LogP contribution < -0.4 is 4.90 Å². The number of carbonyl (C=O) groups excluding carboxylic acids is 1. The zero-order valence-electron chi connectivity index (χ0n) is 15.0. The lowest BCUT2D eigenvalue weighted by Crippen LogP contribution is -2.39. The van der Waals surface area contributed by atoms with Crippen LogP contribution in [-0.4, -0.2) is 68.1 Å². The molecule has 0 spiro atoms. The number of amides is 1. The van der Waals surface area contributed by atoms with Gasteiger partial charge in [0.15, 0.2) is 0 Å². The lowest BCUT2D eigenvalue weighted by atomic mass is 10.1. The Hall–Kier alpha value is -2.48. The van der Waals surface area contributed by atoms with Crippen LogP contribution in [-0.2, 0) is 12.8 Å². The van der Waals surface area contributed by atoms with Gasteiger partial charge in [-0.1, -0.05) is 0 Å². The summed E-state index contributed by atoms with van der Waals surface area (Å²) in [5.74, 6) is 0.874. The number of carbonyl (C=O) groups is 1. The molecule has 1 unspecified atom stereocenters. The number of hydrogen-bond donors (Lipinski definition) is 2. The van der Waals surface area contributed by atoms with Gasteiger partial charge < -0.3 is 19.9 Å². The van der Waals surface area contributed by atoms with Crippen LogP contribution in [0.25, 0.3) is 0 Å². The van der Waals surface area contributed by atoms with Crippen molar-refractivity contribution < 1.29 is 9.90 Å². The van der Waals surface area contributed by atoms with E-state index < -0.39 is 0 Å². The smallest absolute Gasteiger partial charge is 0.274 e. The van der Waals surface area contributed by atoms with Crippen molar-refractivity contribution in [1.29, 1.82) is 0 Å². The van der Waals surface area contributed by atoms with Crippen LogP contribution >= 0.6 is 0 Å². The number of aliphatic hydroxyl groups is 1. The van der Waals surface area contributed by atoms with E-state index in [-0.39, 0.29) is 12.0 Å². The molecule has 0 aliphatic carbocycles. The average Bonchev–Trinajstić information content (AvgIpc) is 2.95.